The van der Waals surface area contributed by atoms with Crippen LogP contribution in [0.2, 0.25) is 0 Å². The summed E-state index contributed by atoms with van der Waals surface area (Å²) >= 11 is 0. The van der Waals surface area contributed by atoms with Crippen LogP contribution in [-0.2, 0) is 0 Å². The third kappa shape index (κ3) is 1.84. The number of hydrogen-bond donors (Lipinski definition) is 1. The molecule has 1 N–H and O–H groups in total. The predicted molar refractivity (Wildman–Crippen MR) is 57.7 cm³/mol. The normalized spacial score (nSPS) is 20.1. The Bertz CT molecular complexity index is 391. The number of rotatable bonds is 1. The van der Waals surface area contributed by atoms with Gasteiger partial charge in [-0.3, -0.25) is 4.98 Å². The van der Waals surface area contributed by atoms with Crippen LogP contribution in [0.4, 0.5) is 0 Å². The van der Waals surface area contributed by atoms with E-state index in [1.54, 1.807) is 0 Å². The minimum Gasteiger partial charge on any atom is -0.377 e. The summed E-state index contributed by atoms with van der Waals surface area (Å²) in [6.45, 7) is 4.07. The molecule has 0 radical (unpaired) electrons. The monoisotopic (exact) mass is 186 g/mol. The molecule has 0 spiro atoms. The summed E-state index contributed by atoms with van der Waals surface area (Å²) in [7, 11) is 0. The van der Waals surface area contributed by atoms with E-state index in [4.69, 9.17) is 0 Å². The standard InChI is InChI=1S/C12H14N2/c1-9-5-3-7-11(13-9)12-8-4-6-10(2)14-12/h3-8,11,13H,1-2H3. The maximum Gasteiger partial charge on any atom is 0.0870 e. The van der Waals surface area contributed by atoms with Crippen molar-refractivity contribution >= 4 is 0 Å². The molecule has 1 aromatic heterocycles. The smallest absolute Gasteiger partial charge is 0.0870 e. The summed E-state index contributed by atoms with van der Waals surface area (Å²) in [6.07, 6.45) is 6.25. The highest BCUT2D eigenvalue weighted by atomic mass is 14.9. The third-order valence-corrected chi connectivity index (χ3v) is 2.26. The Morgan fingerprint density at radius 2 is 2.14 bits per heavy atom. The van der Waals surface area contributed by atoms with Gasteiger partial charge in [-0.2, -0.15) is 0 Å². The first-order chi connectivity index (χ1) is 6.75. The molecular formula is C12H14N2. The van der Waals surface area contributed by atoms with E-state index >= 15 is 0 Å². The second-order valence-electron chi connectivity index (χ2n) is 3.56. The molecule has 0 amide bonds. The Morgan fingerprint density at radius 1 is 1.29 bits per heavy atom. The number of allylic oxidation sites excluding steroid dienone is 3. The maximum absolute atomic E-state index is 4.49. The fourth-order valence-electron chi connectivity index (χ4n) is 1.56. The molecule has 2 heteroatoms. The van der Waals surface area contributed by atoms with Crippen molar-refractivity contribution in [2.75, 3.05) is 0 Å². The molecule has 2 rings (SSSR count). The Kier molecular flexibility index (Phi) is 2.35. The minimum atomic E-state index is 0.222. The largest absolute Gasteiger partial charge is 0.377 e. The molecule has 1 aliphatic heterocycles. The first-order valence-electron chi connectivity index (χ1n) is 4.81. The number of pyridine rings is 1. The Hall–Kier alpha value is -1.57. The van der Waals surface area contributed by atoms with E-state index in [9.17, 15) is 0 Å². The molecule has 0 aliphatic carbocycles. The Morgan fingerprint density at radius 3 is 2.86 bits per heavy atom. The van der Waals surface area contributed by atoms with Crippen LogP contribution >= 0.6 is 0 Å². The van der Waals surface area contributed by atoms with Crippen molar-refractivity contribution in [3.63, 3.8) is 0 Å². The fourth-order valence-corrected chi connectivity index (χ4v) is 1.56. The SMILES string of the molecule is CC1=CC=CC(c2cccc(C)n2)N1. The van der Waals surface area contributed by atoms with Crippen LogP contribution < -0.4 is 5.32 Å². The molecule has 0 aromatic carbocycles. The zero-order valence-corrected chi connectivity index (χ0v) is 8.49. The Labute approximate surface area is 84.4 Å². The number of nitrogens with zero attached hydrogens (tertiary/aromatic N) is 1. The van der Waals surface area contributed by atoms with Gasteiger partial charge in [0.2, 0.25) is 0 Å². The van der Waals surface area contributed by atoms with Crippen molar-refractivity contribution in [3.05, 3.63) is 53.5 Å². The van der Waals surface area contributed by atoms with Gasteiger partial charge in [-0.15, -0.1) is 0 Å². The molecule has 0 bridgehead atoms. The van der Waals surface area contributed by atoms with Gasteiger partial charge in [-0.05, 0) is 32.1 Å². The van der Waals surface area contributed by atoms with Gasteiger partial charge >= 0.3 is 0 Å². The van der Waals surface area contributed by atoms with Crippen LogP contribution in [-0.4, -0.2) is 4.98 Å². The van der Waals surface area contributed by atoms with E-state index in [0.29, 0.717) is 0 Å². The van der Waals surface area contributed by atoms with Crippen LogP contribution in [0.5, 0.6) is 0 Å². The Balaban J connectivity index is 2.25. The topological polar surface area (TPSA) is 24.9 Å². The number of dihydropyridines is 1. The van der Waals surface area contributed by atoms with Gasteiger partial charge in [-0.1, -0.05) is 18.2 Å². The summed E-state index contributed by atoms with van der Waals surface area (Å²) < 4.78 is 0. The van der Waals surface area contributed by atoms with Crippen LogP contribution in [0.25, 0.3) is 0 Å². The van der Waals surface area contributed by atoms with Crippen molar-refractivity contribution in [1.82, 2.24) is 10.3 Å². The van der Waals surface area contributed by atoms with Crippen molar-refractivity contribution in [2.45, 2.75) is 19.9 Å². The van der Waals surface area contributed by atoms with Gasteiger partial charge in [0.25, 0.3) is 0 Å². The molecule has 1 aromatic rings. The van der Waals surface area contributed by atoms with E-state index in [1.165, 1.54) is 5.70 Å². The minimum absolute atomic E-state index is 0.222. The summed E-state index contributed by atoms with van der Waals surface area (Å²) in [4.78, 5) is 4.49. The number of nitrogens with one attached hydrogen (secondary N) is 1. The second-order valence-corrected chi connectivity index (χ2v) is 3.56. The average molecular weight is 186 g/mol. The van der Waals surface area contributed by atoms with Gasteiger partial charge in [0.15, 0.2) is 0 Å². The van der Waals surface area contributed by atoms with E-state index in [0.717, 1.165) is 11.4 Å². The number of aryl methyl sites for hydroxylation is 1. The molecule has 72 valence electrons. The van der Waals surface area contributed by atoms with Gasteiger partial charge in [0.05, 0.1) is 11.7 Å². The second kappa shape index (κ2) is 3.66. The van der Waals surface area contributed by atoms with Crippen LogP contribution in [0.3, 0.4) is 0 Å². The van der Waals surface area contributed by atoms with Crippen molar-refractivity contribution in [1.29, 1.82) is 0 Å². The molecule has 2 heterocycles. The van der Waals surface area contributed by atoms with Crippen molar-refractivity contribution in [3.8, 4) is 0 Å². The summed E-state index contributed by atoms with van der Waals surface area (Å²) in [5, 5.41) is 3.37. The molecule has 1 aliphatic rings. The molecule has 2 nitrogen and oxygen atoms in total. The highest BCUT2D eigenvalue weighted by Gasteiger charge is 2.10. The van der Waals surface area contributed by atoms with Crippen molar-refractivity contribution in [2.24, 2.45) is 0 Å². The van der Waals surface area contributed by atoms with Gasteiger partial charge < -0.3 is 5.32 Å². The molecule has 0 fully saturated rings. The average Bonchev–Trinajstić information content (AvgIpc) is 2.18. The fraction of sp³-hybridized carbons (Fsp3) is 0.250. The lowest BCUT2D eigenvalue weighted by molar-refractivity contribution is 0.681. The number of hydrogen-bond acceptors (Lipinski definition) is 2. The van der Waals surface area contributed by atoms with Crippen molar-refractivity contribution < 1.29 is 0 Å². The van der Waals surface area contributed by atoms with E-state index < -0.39 is 0 Å². The molecule has 1 unspecified atom stereocenters. The first kappa shape index (κ1) is 9.00. The van der Waals surface area contributed by atoms with Crippen LogP contribution in [0.1, 0.15) is 24.4 Å². The highest BCUT2D eigenvalue weighted by Crippen LogP contribution is 2.17. The van der Waals surface area contributed by atoms with Gasteiger partial charge in [-0.25, -0.2) is 0 Å². The first-order valence-corrected chi connectivity index (χ1v) is 4.81. The lowest BCUT2D eigenvalue weighted by Crippen LogP contribution is -2.20. The predicted octanol–water partition coefficient (Wildman–Crippen LogP) is 2.49. The van der Waals surface area contributed by atoms with E-state index in [2.05, 4.69) is 35.5 Å². The molecule has 1 atom stereocenters. The summed E-state index contributed by atoms with van der Waals surface area (Å²) in [5.41, 5.74) is 3.32. The summed E-state index contributed by atoms with van der Waals surface area (Å²) in [6, 6.07) is 6.33. The third-order valence-electron chi connectivity index (χ3n) is 2.26. The molecule has 14 heavy (non-hydrogen) atoms. The zero-order chi connectivity index (χ0) is 9.97. The van der Waals surface area contributed by atoms with Crippen LogP contribution in [0, 0.1) is 6.92 Å². The maximum atomic E-state index is 4.49. The molecule has 0 saturated carbocycles. The lowest BCUT2D eigenvalue weighted by Gasteiger charge is -2.19. The number of aromatic nitrogens is 1. The van der Waals surface area contributed by atoms with Gasteiger partial charge in [0.1, 0.15) is 0 Å². The van der Waals surface area contributed by atoms with E-state index in [-0.39, 0.29) is 6.04 Å². The van der Waals surface area contributed by atoms with Gasteiger partial charge in [0, 0.05) is 11.4 Å². The van der Waals surface area contributed by atoms with Crippen LogP contribution in [0.15, 0.2) is 42.1 Å². The highest BCUT2D eigenvalue weighted by molar-refractivity contribution is 5.25. The zero-order valence-electron chi connectivity index (χ0n) is 8.49. The molecule has 0 saturated heterocycles. The van der Waals surface area contributed by atoms with E-state index in [1.807, 2.05) is 25.1 Å². The quantitative estimate of drug-likeness (QED) is 0.729. The molecular weight excluding hydrogens is 172 g/mol. The lowest BCUT2D eigenvalue weighted by atomic mass is 10.1. The summed E-state index contributed by atoms with van der Waals surface area (Å²) in [5.74, 6) is 0.